The zero-order valence-corrected chi connectivity index (χ0v) is 17.1. The Hall–Kier alpha value is -2.06. The van der Waals surface area contributed by atoms with E-state index in [-0.39, 0.29) is 29.6 Å². The third kappa shape index (κ3) is 4.33. The molecule has 2 aliphatic rings. The fourth-order valence-corrected chi connectivity index (χ4v) is 5.33. The Balaban J connectivity index is 1.48. The molecule has 0 radical (unpaired) electrons. The second kappa shape index (κ2) is 7.40. The fraction of sp³-hybridized carbons (Fsp3) is 0.474. The number of carbonyl (C=O) groups excluding carboxylic acids is 1. The number of anilines is 1. The lowest BCUT2D eigenvalue weighted by Crippen LogP contribution is -2.32. The topological polar surface area (TPSA) is 93.1 Å². The van der Waals surface area contributed by atoms with Gasteiger partial charge in [-0.05, 0) is 43.9 Å². The number of sulfone groups is 1. The number of rotatable bonds is 5. The summed E-state index contributed by atoms with van der Waals surface area (Å²) in [5.41, 5.74) is 1.86. The van der Waals surface area contributed by atoms with Gasteiger partial charge in [-0.25, -0.2) is 17.9 Å². The van der Waals surface area contributed by atoms with Crippen LogP contribution in [0.25, 0.3) is 0 Å². The van der Waals surface area contributed by atoms with E-state index < -0.39 is 9.84 Å². The summed E-state index contributed by atoms with van der Waals surface area (Å²) in [4.78, 5) is 12.5. The minimum Gasteiger partial charge on any atom is -0.331 e. The molecule has 1 aliphatic heterocycles. The smallest absolute Gasteiger partial charge is 0.320 e. The third-order valence-corrected chi connectivity index (χ3v) is 7.27. The van der Waals surface area contributed by atoms with Gasteiger partial charge in [0.2, 0.25) is 0 Å². The minimum absolute atomic E-state index is 0.0657. The lowest BCUT2D eigenvalue weighted by Gasteiger charge is -2.17. The Bertz CT molecular complexity index is 983. The van der Waals surface area contributed by atoms with Crippen LogP contribution in [0.15, 0.2) is 30.3 Å². The highest BCUT2D eigenvalue weighted by molar-refractivity contribution is 7.91. The lowest BCUT2D eigenvalue weighted by molar-refractivity contribution is 0.249. The Morgan fingerprint density at radius 1 is 1.25 bits per heavy atom. The number of hydrogen-bond acceptors (Lipinski definition) is 4. The van der Waals surface area contributed by atoms with Gasteiger partial charge in [0, 0.05) is 17.0 Å². The molecule has 1 aromatic carbocycles. The zero-order valence-electron chi connectivity index (χ0n) is 15.6. The highest BCUT2D eigenvalue weighted by Gasteiger charge is 2.34. The maximum atomic E-state index is 12.5. The first-order chi connectivity index (χ1) is 13.3. The number of amides is 2. The molecule has 28 heavy (non-hydrogen) atoms. The largest absolute Gasteiger partial charge is 0.331 e. The van der Waals surface area contributed by atoms with Gasteiger partial charge in [0.1, 0.15) is 5.82 Å². The van der Waals surface area contributed by atoms with Crippen molar-refractivity contribution in [2.75, 3.05) is 16.8 Å². The maximum Gasteiger partial charge on any atom is 0.320 e. The molecule has 2 heterocycles. The van der Waals surface area contributed by atoms with Gasteiger partial charge in [0.05, 0.1) is 29.3 Å². The normalized spacial score (nSPS) is 22.0. The van der Waals surface area contributed by atoms with Crippen molar-refractivity contribution in [3.8, 4) is 0 Å². The first-order valence-electron chi connectivity index (χ1n) is 9.43. The van der Waals surface area contributed by atoms with Crippen LogP contribution in [0.1, 0.15) is 55.4 Å². The Kier molecular flexibility index (Phi) is 5.09. The number of nitrogens with one attached hydrogen (secondary N) is 2. The third-order valence-electron chi connectivity index (χ3n) is 5.26. The molecule has 1 aromatic heterocycles. The lowest BCUT2D eigenvalue weighted by atomic mass is 10.1. The van der Waals surface area contributed by atoms with Crippen molar-refractivity contribution in [2.45, 2.75) is 44.2 Å². The first kappa shape index (κ1) is 19.3. The van der Waals surface area contributed by atoms with Gasteiger partial charge in [-0.1, -0.05) is 23.7 Å². The molecular formula is C19H23ClN4O3S. The van der Waals surface area contributed by atoms with Crippen molar-refractivity contribution in [2.24, 2.45) is 0 Å². The molecule has 2 aromatic rings. The summed E-state index contributed by atoms with van der Waals surface area (Å²) in [5.74, 6) is 1.19. The van der Waals surface area contributed by atoms with Gasteiger partial charge in [-0.15, -0.1) is 0 Å². The quantitative estimate of drug-likeness (QED) is 0.768. The van der Waals surface area contributed by atoms with Gasteiger partial charge < -0.3 is 5.32 Å². The number of hydrogen-bond donors (Lipinski definition) is 2. The zero-order chi connectivity index (χ0) is 19.9. The van der Waals surface area contributed by atoms with Gasteiger partial charge in [-0.3, -0.25) is 5.32 Å². The SMILES string of the molecule is C[C@@H](NC(=O)Nc1cc(C2CC2)nn1[C@@H]1CCS(=O)(=O)C1)c1ccc(Cl)cc1. The minimum atomic E-state index is -3.04. The van der Waals surface area contributed by atoms with E-state index in [1.807, 2.05) is 25.1 Å². The summed E-state index contributed by atoms with van der Waals surface area (Å²) < 4.78 is 25.4. The van der Waals surface area contributed by atoms with E-state index in [0.29, 0.717) is 23.2 Å². The molecular weight excluding hydrogens is 400 g/mol. The van der Waals surface area contributed by atoms with E-state index >= 15 is 0 Å². The molecule has 0 bridgehead atoms. The second-order valence-electron chi connectivity index (χ2n) is 7.60. The molecule has 1 saturated heterocycles. The molecule has 150 valence electrons. The summed E-state index contributed by atoms with van der Waals surface area (Å²) >= 11 is 5.91. The Labute approximate surface area is 169 Å². The molecule has 1 saturated carbocycles. The first-order valence-corrected chi connectivity index (χ1v) is 11.6. The van der Waals surface area contributed by atoms with E-state index in [0.717, 1.165) is 24.1 Å². The van der Waals surface area contributed by atoms with Crippen LogP contribution in [0, 0.1) is 0 Å². The molecule has 1 aliphatic carbocycles. The van der Waals surface area contributed by atoms with E-state index in [1.54, 1.807) is 16.8 Å². The average molecular weight is 423 g/mol. The van der Waals surface area contributed by atoms with Gasteiger partial charge in [0.15, 0.2) is 9.84 Å². The molecule has 4 rings (SSSR count). The number of halogens is 1. The van der Waals surface area contributed by atoms with E-state index in [2.05, 4.69) is 15.7 Å². The summed E-state index contributed by atoms with van der Waals surface area (Å²) in [5, 5.41) is 11.0. The summed E-state index contributed by atoms with van der Waals surface area (Å²) in [6, 6.07) is 8.37. The molecule has 2 N–H and O–H groups in total. The van der Waals surface area contributed by atoms with Gasteiger partial charge in [-0.2, -0.15) is 5.10 Å². The predicted octanol–water partition coefficient (Wildman–Crippen LogP) is 3.66. The van der Waals surface area contributed by atoms with E-state index in [1.165, 1.54) is 0 Å². The molecule has 2 amide bonds. The number of carbonyl (C=O) groups is 1. The van der Waals surface area contributed by atoms with E-state index in [4.69, 9.17) is 11.6 Å². The van der Waals surface area contributed by atoms with Gasteiger partial charge in [0.25, 0.3) is 0 Å². The molecule has 7 nitrogen and oxygen atoms in total. The molecule has 9 heteroatoms. The van der Waals surface area contributed by atoms with Crippen molar-refractivity contribution < 1.29 is 13.2 Å². The van der Waals surface area contributed by atoms with Crippen LogP contribution in [0.3, 0.4) is 0 Å². The van der Waals surface area contributed by atoms with Crippen LogP contribution in [0.5, 0.6) is 0 Å². The maximum absolute atomic E-state index is 12.5. The predicted molar refractivity (Wildman–Crippen MR) is 109 cm³/mol. The number of aromatic nitrogens is 2. The summed E-state index contributed by atoms with van der Waals surface area (Å²) in [6.45, 7) is 1.89. The monoisotopic (exact) mass is 422 g/mol. The van der Waals surface area contributed by atoms with Crippen LogP contribution in [-0.4, -0.2) is 35.7 Å². The number of urea groups is 1. The molecule has 0 spiro atoms. The second-order valence-corrected chi connectivity index (χ2v) is 10.3. The standard InChI is InChI=1S/C19H23ClN4O3S/c1-12(13-4-6-15(20)7-5-13)21-19(25)22-18-10-17(14-2-3-14)23-24(18)16-8-9-28(26,27)11-16/h4-7,10,12,14,16H,2-3,8-9,11H2,1H3,(H2,21,22,25)/t12-,16-/m1/s1. The van der Waals surface area contributed by atoms with Crippen molar-refractivity contribution >= 4 is 33.3 Å². The van der Waals surface area contributed by atoms with E-state index in [9.17, 15) is 13.2 Å². The average Bonchev–Trinajstić information content (AvgIpc) is 3.31. The molecule has 2 atom stereocenters. The molecule has 0 unspecified atom stereocenters. The fourth-order valence-electron chi connectivity index (χ4n) is 3.52. The molecule has 2 fully saturated rings. The van der Waals surface area contributed by atoms with Crippen molar-refractivity contribution in [3.63, 3.8) is 0 Å². The summed E-state index contributed by atoms with van der Waals surface area (Å²) in [6.07, 6.45) is 2.68. The van der Waals surface area contributed by atoms with Crippen LogP contribution in [-0.2, 0) is 9.84 Å². The number of benzene rings is 1. The van der Waals surface area contributed by atoms with Crippen LogP contribution < -0.4 is 10.6 Å². The Morgan fingerprint density at radius 3 is 2.57 bits per heavy atom. The highest BCUT2D eigenvalue weighted by atomic mass is 35.5. The van der Waals surface area contributed by atoms with Crippen LogP contribution >= 0.6 is 11.6 Å². The van der Waals surface area contributed by atoms with Crippen molar-refractivity contribution in [3.05, 3.63) is 46.6 Å². The summed E-state index contributed by atoms with van der Waals surface area (Å²) in [7, 11) is -3.04. The Morgan fingerprint density at radius 2 is 1.96 bits per heavy atom. The van der Waals surface area contributed by atoms with Crippen LogP contribution in [0.2, 0.25) is 5.02 Å². The van der Waals surface area contributed by atoms with Crippen molar-refractivity contribution in [1.82, 2.24) is 15.1 Å². The number of nitrogens with zero attached hydrogens (tertiary/aromatic N) is 2. The van der Waals surface area contributed by atoms with Crippen LogP contribution in [0.4, 0.5) is 10.6 Å². The van der Waals surface area contributed by atoms with Gasteiger partial charge >= 0.3 is 6.03 Å². The van der Waals surface area contributed by atoms with Crippen molar-refractivity contribution in [1.29, 1.82) is 0 Å². The highest BCUT2D eigenvalue weighted by Crippen LogP contribution is 2.41.